The topological polar surface area (TPSA) is 43.4 Å². The van der Waals surface area contributed by atoms with Crippen LogP contribution in [0.4, 0.5) is 0 Å². The normalized spacial score (nSPS) is 33.7. The first-order valence-corrected chi connectivity index (χ1v) is 6.39. The van der Waals surface area contributed by atoms with Gasteiger partial charge in [0, 0.05) is 12.3 Å². The van der Waals surface area contributed by atoms with Crippen LogP contribution in [-0.2, 0) is 14.3 Å². The van der Waals surface area contributed by atoms with Crippen LogP contribution in [0.2, 0.25) is 0 Å². The summed E-state index contributed by atoms with van der Waals surface area (Å²) in [7, 11) is 0. The summed E-state index contributed by atoms with van der Waals surface area (Å²) in [5, 5.41) is 0. The van der Waals surface area contributed by atoms with Gasteiger partial charge in [-0.1, -0.05) is 26.0 Å². The molecule has 1 fully saturated rings. The van der Waals surface area contributed by atoms with Gasteiger partial charge in [-0.2, -0.15) is 0 Å². The van der Waals surface area contributed by atoms with Gasteiger partial charge in [-0.3, -0.25) is 9.59 Å². The Kier molecular flexibility index (Phi) is 2.96. The molecule has 0 saturated heterocycles. The van der Waals surface area contributed by atoms with E-state index >= 15 is 0 Å². The molecule has 3 heteroatoms. The molecule has 0 amide bonds. The second-order valence-electron chi connectivity index (χ2n) is 5.99. The van der Waals surface area contributed by atoms with Crippen LogP contribution in [0.1, 0.15) is 40.5 Å². The zero-order chi connectivity index (χ0) is 13.6. The zero-order valence-electron chi connectivity index (χ0n) is 11.4. The van der Waals surface area contributed by atoms with Crippen molar-refractivity contribution in [2.45, 2.75) is 46.6 Å². The Bertz CT molecular complexity index is 456. The number of hydrogen-bond acceptors (Lipinski definition) is 3. The van der Waals surface area contributed by atoms with Crippen molar-refractivity contribution in [3.05, 3.63) is 23.8 Å². The number of ketones is 1. The Hall–Kier alpha value is -1.38. The van der Waals surface area contributed by atoms with Crippen LogP contribution in [0.3, 0.4) is 0 Å². The maximum Gasteiger partial charge on any atom is 0.302 e. The van der Waals surface area contributed by atoms with E-state index in [9.17, 15) is 9.59 Å². The minimum Gasteiger partial charge on any atom is -0.462 e. The maximum atomic E-state index is 12.1. The highest BCUT2D eigenvalue weighted by atomic mass is 16.5. The predicted octanol–water partition coefficient (Wildman–Crippen LogP) is 2.81. The van der Waals surface area contributed by atoms with E-state index in [2.05, 4.69) is 13.8 Å². The first kappa shape index (κ1) is 13.1. The summed E-state index contributed by atoms with van der Waals surface area (Å²) in [6, 6.07) is 0. The lowest BCUT2D eigenvalue weighted by atomic mass is 9.56. The van der Waals surface area contributed by atoms with Crippen LogP contribution < -0.4 is 0 Å². The molecule has 18 heavy (non-hydrogen) atoms. The predicted molar refractivity (Wildman–Crippen MR) is 68.9 cm³/mol. The highest BCUT2D eigenvalue weighted by Gasteiger charge is 2.51. The van der Waals surface area contributed by atoms with Crippen molar-refractivity contribution in [3.63, 3.8) is 0 Å². The smallest absolute Gasteiger partial charge is 0.302 e. The first-order chi connectivity index (χ1) is 8.28. The average molecular weight is 248 g/mol. The molecule has 2 aliphatic carbocycles. The fourth-order valence-electron chi connectivity index (χ4n) is 3.28. The van der Waals surface area contributed by atoms with E-state index in [0.717, 1.165) is 18.4 Å². The number of rotatable bonds is 1. The molecule has 2 atom stereocenters. The summed E-state index contributed by atoms with van der Waals surface area (Å²) in [4.78, 5) is 23.3. The molecule has 1 saturated carbocycles. The highest BCUT2D eigenvalue weighted by molar-refractivity contribution is 5.98. The number of fused-ring (bicyclic) bond motifs is 1. The van der Waals surface area contributed by atoms with Crippen LogP contribution >= 0.6 is 0 Å². The molecular weight excluding hydrogens is 228 g/mol. The number of carbonyl (C=O) groups is 2. The fraction of sp³-hybridized carbons (Fsp3) is 0.600. The Morgan fingerprint density at radius 3 is 2.67 bits per heavy atom. The highest BCUT2D eigenvalue weighted by Crippen LogP contribution is 2.53. The zero-order valence-corrected chi connectivity index (χ0v) is 11.4. The van der Waals surface area contributed by atoms with Crippen molar-refractivity contribution in [1.82, 2.24) is 0 Å². The summed E-state index contributed by atoms with van der Waals surface area (Å²) < 4.78 is 5.42. The molecule has 0 bridgehead atoms. The van der Waals surface area contributed by atoms with Gasteiger partial charge in [-0.25, -0.2) is 0 Å². The van der Waals surface area contributed by atoms with E-state index in [0.29, 0.717) is 0 Å². The Morgan fingerprint density at radius 2 is 2.06 bits per heavy atom. The molecule has 98 valence electrons. The third kappa shape index (κ3) is 1.82. The maximum absolute atomic E-state index is 12.1. The van der Waals surface area contributed by atoms with E-state index in [4.69, 9.17) is 4.74 Å². The summed E-state index contributed by atoms with van der Waals surface area (Å²) >= 11 is 0. The molecule has 0 heterocycles. The van der Waals surface area contributed by atoms with Gasteiger partial charge >= 0.3 is 5.97 Å². The number of allylic oxidation sites excluding steroid dienone is 3. The van der Waals surface area contributed by atoms with E-state index in [1.165, 1.54) is 6.92 Å². The minimum atomic E-state index is -0.422. The Balaban J connectivity index is 2.39. The molecule has 0 N–H and O–H groups in total. The lowest BCUT2D eigenvalue weighted by molar-refractivity contribution is -0.154. The lowest BCUT2D eigenvalue weighted by Crippen LogP contribution is -2.49. The van der Waals surface area contributed by atoms with Gasteiger partial charge in [-0.05, 0) is 31.4 Å². The minimum absolute atomic E-state index is 0.145. The average Bonchev–Trinajstić information content (AvgIpc) is 2.25. The first-order valence-electron chi connectivity index (χ1n) is 6.39. The third-order valence-corrected chi connectivity index (χ3v) is 4.36. The van der Waals surface area contributed by atoms with E-state index in [-0.39, 0.29) is 23.3 Å². The lowest BCUT2D eigenvalue weighted by Gasteiger charge is -2.49. The van der Waals surface area contributed by atoms with Gasteiger partial charge < -0.3 is 4.74 Å². The molecule has 3 nitrogen and oxygen atoms in total. The van der Waals surface area contributed by atoms with E-state index in [1.54, 1.807) is 12.2 Å². The largest absolute Gasteiger partial charge is 0.462 e. The molecule has 0 aromatic heterocycles. The molecule has 0 radical (unpaired) electrons. The van der Waals surface area contributed by atoms with Gasteiger partial charge in [0.05, 0.1) is 5.41 Å². The van der Waals surface area contributed by atoms with Crippen molar-refractivity contribution in [2.75, 3.05) is 0 Å². The van der Waals surface area contributed by atoms with Gasteiger partial charge in [0.2, 0.25) is 0 Å². The molecule has 2 aliphatic rings. The number of ether oxygens (including phenoxy) is 1. The molecule has 2 rings (SSSR count). The number of esters is 1. The Labute approximate surface area is 108 Å². The summed E-state index contributed by atoms with van der Waals surface area (Å²) in [5.74, 6) is -0.0932. The summed E-state index contributed by atoms with van der Waals surface area (Å²) in [5.41, 5.74) is 0.369. The monoisotopic (exact) mass is 248 g/mol. The van der Waals surface area contributed by atoms with Crippen LogP contribution in [0.15, 0.2) is 23.8 Å². The fourth-order valence-corrected chi connectivity index (χ4v) is 3.28. The quantitative estimate of drug-likeness (QED) is 0.670. The van der Waals surface area contributed by atoms with Crippen LogP contribution in [0, 0.1) is 10.8 Å². The molecular formula is C15H20O3. The van der Waals surface area contributed by atoms with Crippen LogP contribution in [0.5, 0.6) is 0 Å². The van der Waals surface area contributed by atoms with Crippen molar-refractivity contribution in [3.8, 4) is 0 Å². The van der Waals surface area contributed by atoms with Crippen molar-refractivity contribution in [1.29, 1.82) is 0 Å². The third-order valence-electron chi connectivity index (χ3n) is 4.36. The van der Waals surface area contributed by atoms with Gasteiger partial charge in [-0.15, -0.1) is 0 Å². The molecule has 0 aromatic rings. The van der Waals surface area contributed by atoms with Gasteiger partial charge in [0.1, 0.15) is 6.10 Å². The second-order valence-corrected chi connectivity index (χ2v) is 5.99. The molecule has 0 aliphatic heterocycles. The SMILES string of the molecule is CC(=O)O[C@H]1CC[C@]2(C)C(=O)C=CC=C2C1(C)C. The summed E-state index contributed by atoms with van der Waals surface area (Å²) in [6.45, 7) is 7.53. The molecule has 0 unspecified atom stereocenters. The van der Waals surface area contributed by atoms with E-state index in [1.807, 2.05) is 13.0 Å². The van der Waals surface area contributed by atoms with Crippen molar-refractivity contribution < 1.29 is 14.3 Å². The Morgan fingerprint density at radius 1 is 1.39 bits per heavy atom. The summed E-state index contributed by atoms with van der Waals surface area (Å²) in [6.07, 6.45) is 6.79. The van der Waals surface area contributed by atoms with Crippen molar-refractivity contribution >= 4 is 11.8 Å². The number of hydrogen-bond donors (Lipinski definition) is 0. The standard InChI is InChI=1S/C15H20O3/c1-10(16)18-13-8-9-15(4)11(14(13,2)3)6-5-7-12(15)17/h5-7,13H,8-9H2,1-4H3/t13-,15-/m0/s1. The molecule has 0 spiro atoms. The van der Waals surface area contributed by atoms with Crippen LogP contribution in [-0.4, -0.2) is 17.9 Å². The number of carbonyl (C=O) groups excluding carboxylic acids is 2. The van der Waals surface area contributed by atoms with E-state index < -0.39 is 5.41 Å². The second kappa shape index (κ2) is 4.08. The van der Waals surface area contributed by atoms with Crippen LogP contribution in [0.25, 0.3) is 0 Å². The van der Waals surface area contributed by atoms with Crippen molar-refractivity contribution in [2.24, 2.45) is 10.8 Å². The van der Waals surface area contributed by atoms with Gasteiger partial charge in [0.25, 0.3) is 0 Å². The molecule has 0 aromatic carbocycles. The van der Waals surface area contributed by atoms with Gasteiger partial charge in [0.15, 0.2) is 5.78 Å².